The fourth-order valence-electron chi connectivity index (χ4n) is 2.63. The van der Waals surface area contributed by atoms with Gasteiger partial charge in [-0.1, -0.05) is 0 Å². The average Bonchev–Trinajstić information content (AvgIpc) is 3.30. The smallest absolute Gasteiger partial charge is 0.379 e. The van der Waals surface area contributed by atoms with Crippen LogP contribution in [0.3, 0.4) is 0 Å². The number of amides is 1. The Kier molecular flexibility index (Phi) is 5.80. The first-order chi connectivity index (χ1) is 13.5. The minimum atomic E-state index is -4.70. The van der Waals surface area contributed by atoms with Crippen molar-refractivity contribution < 1.29 is 35.9 Å². The molecule has 3 heterocycles. The second-order valence-corrected chi connectivity index (χ2v) is 9.35. The van der Waals surface area contributed by atoms with E-state index >= 15 is 0 Å². The number of halogens is 3. The third kappa shape index (κ3) is 4.49. The molecule has 0 aromatic carbocycles. The standard InChI is InChI=1S/C15H15F3N4O5S2/c16-15(17,18)12-6-9(20-21-12)10(23)7-11-8(14(19)24)5-13(28-11)29(25,26)22-1-3-27-4-2-22/h5-6H,1-4,7H2,(H2,19,24)(H,20,21). The van der Waals surface area contributed by atoms with Crippen molar-refractivity contribution in [3.63, 3.8) is 0 Å². The lowest BCUT2D eigenvalue weighted by Crippen LogP contribution is -2.40. The largest absolute Gasteiger partial charge is 0.432 e. The van der Waals surface area contributed by atoms with Crippen LogP contribution in [-0.4, -0.2) is 60.9 Å². The van der Waals surface area contributed by atoms with Gasteiger partial charge in [-0.2, -0.15) is 22.6 Å². The number of nitrogens with one attached hydrogen (secondary N) is 1. The lowest BCUT2D eigenvalue weighted by Gasteiger charge is -2.25. The van der Waals surface area contributed by atoms with Crippen molar-refractivity contribution in [1.29, 1.82) is 0 Å². The maximum atomic E-state index is 12.7. The van der Waals surface area contributed by atoms with E-state index in [4.69, 9.17) is 10.5 Å². The fourth-order valence-corrected chi connectivity index (χ4v) is 5.71. The van der Waals surface area contributed by atoms with Crippen LogP contribution in [0.2, 0.25) is 0 Å². The molecule has 29 heavy (non-hydrogen) atoms. The number of thiophene rings is 1. The number of primary amides is 1. The van der Waals surface area contributed by atoms with Crippen LogP contribution in [0, 0.1) is 0 Å². The average molecular weight is 452 g/mol. The molecule has 0 atom stereocenters. The summed E-state index contributed by atoms with van der Waals surface area (Å²) >= 11 is 0.671. The zero-order valence-electron chi connectivity index (χ0n) is 14.7. The van der Waals surface area contributed by atoms with Crippen LogP contribution >= 0.6 is 11.3 Å². The summed E-state index contributed by atoms with van der Waals surface area (Å²) in [5.74, 6) is -1.78. The Morgan fingerprint density at radius 3 is 2.48 bits per heavy atom. The minimum absolute atomic E-state index is 0.0332. The molecule has 0 spiro atoms. The van der Waals surface area contributed by atoms with Crippen molar-refractivity contribution in [3.05, 3.63) is 34.0 Å². The summed E-state index contributed by atoms with van der Waals surface area (Å²) in [5, 5.41) is 5.06. The molecule has 3 rings (SSSR count). The maximum Gasteiger partial charge on any atom is 0.432 e. The van der Waals surface area contributed by atoms with E-state index < -0.39 is 45.7 Å². The van der Waals surface area contributed by atoms with Gasteiger partial charge in [0, 0.05) is 24.4 Å². The number of sulfonamides is 1. The quantitative estimate of drug-likeness (QED) is 0.629. The molecule has 1 aliphatic heterocycles. The number of ether oxygens (including phenoxy) is 1. The van der Waals surface area contributed by atoms with Crippen molar-refractivity contribution in [1.82, 2.24) is 14.5 Å². The number of carbonyl (C=O) groups is 2. The molecule has 0 aliphatic carbocycles. The van der Waals surface area contributed by atoms with Gasteiger partial charge in [0.05, 0.1) is 18.8 Å². The molecule has 2 aromatic heterocycles. The highest BCUT2D eigenvalue weighted by Gasteiger charge is 2.34. The zero-order chi connectivity index (χ0) is 21.4. The number of hydrogen-bond donors (Lipinski definition) is 2. The van der Waals surface area contributed by atoms with E-state index in [1.54, 1.807) is 5.10 Å². The number of alkyl halides is 3. The first kappa shape index (κ1) is 21.4. The van der Waals surface area contributed by atoms with Gasteiger partial charge in [-0.3, -0.25) is 14.7 Å². The van der Waals surface area contributed by atoms with Crippen molar-refractivity contribution in [3.8, 4) is 0 Å². The Bertz CT molecular complexity index is 1040. The topological polar surface area (TPSA) is 135 Å². The van der Waals surface area contributed by atoms with E-state index in [1.165, 1.54) is 4.31 Å². The van der Waals surface area contributed by atoms with Crippen LogP contribution in [0.15, 0.2) is 16.3 Å². The molecule has 1 saturated heterocycles. The van der Waals surface area contributed by atoms with Crippen molar-refractivity contribution in [2.75, 3.05) is 26.3 Å². The normalized spacial score (nSPS) is 16.1. The number of aromatic nitrogens is 2. The van der Waals surface area contributed by atoms with E-state index in [-0.39, 0.29) is 41.0 Å². The Hall–Kier alpha value is -2.29. The van der Waals surface area contributed by atoms with Crippen LogP contribution in [0.25, 0.3) is 0 Å². The Balaban J connectivity index is 1.88. The van der Waals surface area contributed by atoms with Crippen LogP contribution in [-0.2, 0) is 27.4 Å². The molecule has 0 radical (unpaired) electrons. The Morgan fingerprint density at radius 1 is 1.28 bits per heavy atom. The molecule has 14 heteroatoms. The zero-order valence-corrected chi connectivity index (χ0v) is 16.3. The molecule has 0 unspecified atom stereocenters. The maximum absolute atomic E-state index is 12.7. The molecule has 0 bridgehead atoms. The molecule has 158 valence electrons. The van der Waals surface area contributed by atoms with Crippen LogP contribution in [0.5, 0.6) is 0 Å². The van der Waals surface area contributed by atoms with Gasteiger partial charge < -0.3 is 10.5 Å². The van der Waals surface area contributed by atoms with Gasteiger partial charge in [-0.05, 0) is 12.1 Å². The summed E-state index contributed by atoms with van der Waals surface area (Å²) < 4.78 is 69.6. The third-order valence-electron chi connectivity index (χ3n) is 4.11. The summed E-state index contributed by atoms with van der Waals surface area (Å²) in [7, 11) is -3.93. The van der Waals surface area contributed by atoms with E-state index in [0.29, 0.717) is 17.4 Å². The van der Waals surface area contributed by atoms with Crippen LogP contribution in [0.4, 0.5) is 13.2 Å². The lowest BCUT2D eigenvalue weighted by molar-refractivity contribution is -0.141. The summed E-state index contributed by atoms with van der Waals surface area (Å²) in [4.78, 5) is 24.1. The highest BCUT2D eigenvalue weighted by Crippen LogP contribution is 2.31. The van der Waals surface area contributed by atoms with E-state index in [0.717, 1.165) is 6.07 Å². The van der Waals surface area contributed by atoms with Crippen LogP contribution < -0.4 is 5.73 Å². The molecule has 1 amide bonds. The van der Waals surface area contributed by atoms with Crippen molar-refractivity contribution in [2.45, 2.75) is 16.8 Å². The second kappa shape index (κ2) is 7.85. The van der Waals surface area contributed by atoms with E-state index in [1.807, 2.05) is 0 Å². The summed E-state index contributed by atoms with van der Waals surface area (Å²) in [6.45, 7) is 0.709. The second-order valence-electron chi connectivity index (χ2n) is 6.05. The minimum Gasteiger partial charge on any atom is -0.379 e. The number of morpholine rings is 1. The number of aromatic amines is 1. The SMILES string of the molecule is NC(=O)c1cc(S(=O)(=O)N2CCOCC2)sc1CC(=O)c1cc(C(F)(F)F)[nH]n1. The van der Waals surface area contributed by atoms with E-state index in [9.17, 15) is 31.2 Å². The van der Waals surface area contributed by atoms with E-state index in [2.05, 4.69) is 5.10 Å². The highest BCUT2D eigenvalue weighted by atomic mass is 32.2. The third-order valence-corrected chi connectivity index (χ3v) is 7.59. The number of Topliss-reactive ketones (excluding diaryl/α,β-unsaturated/α-hetero) is 1. The number of nitrogens with two attached hydrogens (primary N) is 1. The van der Waals surface area contributed by atoms with Gasteiger partial charge in [-0.25, -0.2) is 8.42 Å². The molecule has 1 fully saturated rings. The molecular formula is C15H15F3N4O5S2. The Labute approximate surface area is 166 Å². The first-order valence-corrected chi connectivity index (χ1v) is 10.4. The molecule has 1 aliphatic rings. The molecular weight excluding hydrogens is 437 g/mol. The lowest BCUT2D eigenvalue weighted by atomic mass is 10.1. The predicted molar refractivity (Wildman–Crippen MR) is 94.0 cm³/mol. The van der Waals surface area contributed by atoms with Gasteiger partial charge >= 0.3 is 6.18 Å². The van der Waals surface area contributed by atoms with Gasteiger partial charge in [-0.15, -0.1) is 11.3 Å². The van der Waals surface area contributed by atoms with Gasteiger partial charge in [0.15, 0.2) is 5.78 Å². The molecule has 9 nitrogen and oxygen atoms in total. The summed E-state index contributed by atoms with van der Waals surface area (Å²) in [6.07, 6.45) is -5.23. The number of carbonyl (C=O) groups excluding carboxylic acids is 2. The summed E-state index contributed by atoms with van der Waals surface area (Å²) in [6, 6.07) is 1.62. The molecule has 0 saturated carbocycles. The van der Waals surface area contributed by atoms with Gasteiger partial charge in [0.25, 0.3) is 10.0 Å². The number of hydrogen-bond acceptors (Lipinski definition) is 7. The molecule has 2 aromatic rings. The number of rotatable bonds is 6. The highest BCUT2D eigenvalue weighted by molar-refractivity contribution is 7.91. The Morgan fingerprint density at radius 2 is 1.93 bits per heavy atom. The number of H-pyrrole nitrogens is 1. The molecule has 3 N–H and O–H groups in total. The van der Waals surface area contributed by atoms with Crippen molar-refractivity contribution in [2.24, 2.45) is 5.73 Å². The van der Waals surface area contributed by atoms with Crippen molar-refractivity contribution >= 4 is 33.1 Å². The number of ketones is 1. The predicted octanol–water partition coefficient (Wildman–Crippen LogP) is 1.04. The van der Waals surface area contributed by atoms with Crippen LogP contribution in [0.1, 0.15) is 31.4 Å². The fraction of sp³-hybridized carbons (Fsp3) is 0.400. The van der Waals surface area contributed by atoms with Gasteiger partial charge in [0.2, 0.25) is 5.91 Å². The summed E-state index contributed by atoms with van der Waals surface area (Å²) in [5.41, 5.74) is 3.42. The van der Waals surface area contributed by atoms with Gasteiger partial charge in [0.1, 0.15) is 15.6 Å². The monoisotopic (exact) mass is 452 g/mol. The number of nitrogens with zero attached hydrogens (tertiary/aromatic N) is 2. The first-order valence-electron chi connectivity index (χ1n) is 8.16.